The van der Waals surface area contributed by atoms with Crippen molar-refractivity contribution in [3.8, 4) is 0 Å². The van der Waals surface area contributed by atoms with Gasteiger partial charge in [-0.05, 0) is 31.0 Å². The summed E-state index contributed by atoms with van der Waals surface area (Å²) in [6, 6.07) is 1.85. The van der Waals surface area contributed by atoms with Crippen LogP contribution in [-0.2, 0) is 17.8 Å². The number of aromatic nitrogens is 2. The summed E-state index contributed by atoms with van der Waals surface area (Å²) in [7, 11) is 0. The van der Waals surface area contributed by atoms with Crippen molar-refractivity contribution in [2.45, 2.75) is 50.9 Å². The van der Waals surface area contributed by atoms with Crippen LogP contribution in [0.25, 0.3) is 10.9 Å². The molecule has 0 radical (unpaired) electrons. The summed E-state index contributed by atoms with van der Waals surface area (Å²) in [4.78, 5) is 40.4. The summed E-state index contributed by atoms with van der Waals surface area (Å²) >= 11 is 0. The van der Waals surface area contributed by atoms with Crippen molar-refractivity contribution in [2.75, 3.05) is 0 Å². The number of aryl methyl sites for hydroxylation is 1. The van der Waals surface area contributed by atoms with Crippen LogP contribution in [0.4, 0.5) is 13.2 Å². The standard InChI is InChI=1S/C18H18F3N3O4/c19-18(20,21)9-13(17(27)28)23-15(25)10-5-6-11-12(8-10)22-14-4-2-1-3-7-24(14)16(11)26/h5-6,8,13H,1-4,7,9H2,(H,23,25)(H,27,28). The Bertz CT molecular complexity index is 984. The van der Waals surface area contributed by atoms with Gasteiger partial charge in [-0.1, -0.05) is 6.42 Å². The molecule has 0 saturated carbocycles. The maximum Gasteiger partial charge on any atom is 0.391 e. The molecule has 1 aromatic heterocycles. The van der Waals surface area contributed by atoms with Crippen molar-refractivity contribution >= 4 is 22.8 Å². The highest BCUT2D eigenvalue weighted by Crippen LogP contribution is 2.22. The maximum absolute atomic E-state index is 12.7. The van der Waals surface area contributed by atoms with Crippen LogP contribution in [0.2, 0.25) is 0 Å². The molecular formula is C18H18F3N3O4. The van der Waals surface area contributed by atoms with Gasteiger partial charge in [0.25, 0.3) is 11.5 Å². The van der Waals surface area contributed by atoms with Crippen LogP contribution < -0.4 is 10.9 Å². The number of hydrogen-bond donors (Lipinski definition) is 2. The third-order valence-electron chi connectivity index (χ3n) is 4.62. The van der Waals surface area contributed by atoms with Crippen LogP contribution in [0.15, 0.2) is 23.0 Å². The molecule has 7 nitrogen and oxygen atoms in total. The van der Waals surface area contributed by atoms with Crippen molar-refractivity contribution in [1.29, 1.82) is 0 Å². The van der Waals surface area contributed by atoms with Crippen LogP contribution >= 0.6 is 0 Å². The van der Waals surface area contributed by atoms with Gasteiger partial charge in [-0.2, -0.15) is 13.2 Å². The molecule has 0 bridgehead atoms. The average Bonchev–Trinajstić information content (AvgIpc) is 2.85. The van der Waals surface area contributed by atoms with Gasteiger partial charge >= 0.3 is 12.1 Å². The number of alkyl halides is 3. The number of halogens is 3. The monoisotopic (exact) mass is 397 g/mol. The van der Waals surface area contributed by atoms with Gasteiger partial charge in [0.15, 0.2) is 0 Å². The predicted octanol–water partition coefficient (Wildman–Crippen LogP) is 2.26. The fraction of sp³-hybridized carbons (Fsp3) is 0.444. The summed E-state index contributed by atoms with van der Waals surface area (Å²) in [6.07, 6.45) is -3.08. The van der Waals surface area contributed by atoms with Gasteiger partial charge in [0.2, 0.25) is 0 Å². The van der Waals surface area contributed by atoms with Gasteiger partial charge < -0.3 is 10.4 Å². The normalized spacial score (nSPS) is 15.5. The zero-order valence-corrected chi connectivity index (χ0v) is 14.8. The van der Waals surface area contributed by atoms with E-state index in [2.05, 4.69) is 4.98 Å². The van der Waals surface area contributed by atoms with Gasteiger partial charge in [-0.3, -0.25) is 14.2 Å². The Balaban J connectivity index is 1.92. The lowest BCUT2D eigenvalue weighted by atomic mass is 10.1. The van der Waals surface area contributed by atoms with E-state index in [0.717, 1.165) is 19.3 Å². The minimum atomic E-state index is -4.74. The van der Waals surface area contributed by atoms with Gasteiger partial charge in [0, 0.05) is 18.5 Å². The van der Waals surface area contributed by atoms with E-state index >= 15 is 0 Å². The number of carbonyl (C=O) groups is 2. The summed E-state index contributed by atoms with van der Waals surface area (Å²) in [5.41, 5.74) is -0.0331. The first-order valence-electron chi connectivity index (χ1n) is 8.79. The Kier molecular flexibility index (Phi) is 5.39. The number of amides is 1. The zero-order valence-electron chi connectivity index (χ0n) is 14.8. The summed E-state index contributed by atoms with van der Waals surface area (Å²) in [5.74, 6) is -2.16. The number of fused-ring (bicyclic) bond motifs is 2. The van der Waals surface area contributed by atoms with Gasteiger partial charge in [-0.15, -0.1) is 0 Å². The first-order valence-corrected chi connectivity index (χ1v) is 8.79. The van der Waals surface area contributed by atoms with Crippen LogP contribution in [0.1, 0.15) is 41.9 Å². The number of hydrogen-bond acceptors (Lipinski definition) is 4. The molecule has 28 heavy (non-hydrogen) atoms. The molecule has 10 heteroatoms. The lowest BCUT2D eigenvalue weighted by Gasteiger charge is -2.16. The second-order valence-corrected chi connectivity index (χ2v) is 6.71. The molecule has 1 unspecified atom stereocenters. The number of benzene rings is 1. The molecule has 2 N–H and O–H groups in total. The van der Waals surface area contributed by atoms with Crippen LogP contribution in [0.3, 0.4) is 0 Å². The summed E-state index contributed by atoms with van der Waals surface area (Å²) in [5, 5.41) is 11.1. The summed E-state index contributed by atoms with van der Waals surface area (Å²) in [6.45, 7) is 0.567. The topological polar surface area (TPSA) is 101 Å². The molecule has 150 valence electrons. The molecule has 1 aliphatic heterocycles. The Morgan fingerprint density at radius 3 is 2.68 bits per heavy atom. The molecule has 1 aromatic carbocycles. The number of carboxylic acid groups (broad SMARTS) is 1. The second kappa shape index (κ2) is 7.61. The van der Waals surface area contributed by atoms with E-state index in [4.69, 9.17) is 5.11 Å². The third kappa shape index (κ3) is 4.32. The fourth-order valence-electron chi connectivity index (χ4n) is 3.23. The van der Waals surface area contributed by atoms with Gasteiger partial charge in [-0.25, -0.2) is 9.78 Å². The Morgan fingerprint density at radius 2 is 2.00 bits per heavy atom. The zero-order chi connectivity index (χ0) is 20.5. The van der Waals surface area contributed by atoms with E-state index in [9.17, 15) is 27.6 Å². The van der Waals surface area contributed by atoms with Crippen LogP contribution in [-0.4, -0.2) is 38.8 Å². The molecule has 0 spiro atoms. The van der Waals surface area contributed by atoms with E-state index in [1.165, 1.54) is 18.2 Å². The average molecular weight is 397 g/mol. The first-order chi connectivity index (χ1) is 13.2. The predicted molar refractivity (Wildman–Crippen MR) is 93.1 cm³/mol. The van der Waals surface area contributed by atoms with Gasteiger partial charge in [0.05, 0.1) is 17.3 Å². The Labute approximate surface area is 157 Å². The van der Waals surface area contributed by atoms with Crippen molar-refractivity contribution in [3.05, 3.63) is 39.9 Å². The molecule has 1 atom stereocenters. The van der Waals surface area contributed by atoms with E-state index in [1.54, 1.807) is 4.57 Å². The van der Waals surface area contributed by atoms with Crippen molar-refractivity contribution in [3.63, 3.8) is 0 Å². The Hall–Kier alpha value is -2.91. The molecule has 1 aliphatic rings. The number of nitrogens with zero attached hydrogens (tertiary/aromatic N) is 2. The lowest BCUT2D eigenvalue weighted by Crippen LogP contribution is -2.43. The van der Waals surface area contributed by atoms with Gasteiger partial charge in [0.1, 0.15) is 11.9 Å². The highest BCUT2D eigenvalue weighted by atomic mass is 19.4. The Morgan fingerprint density at radius 1 is 1.25 bits per heavy atom. The number of carbonyl (C=O) groups excluding carboxylic acids is 1. The number of carboxylic acids is 1. The van der Waals surface area contributed by atoms with Crippen molar-refractivity contribution < 1.29 is 27.9 Å². The SMILES string of the molecule is O=C(NC(CC(F)(F)F)C(=O)O)c1ccc2c(=O)n3c(nc2c1)CCCCC3. The largest absolute Gasteiger partial charge is 0.480 e. The highest BCUT2D eigenvalue weighted by molar-refractivity contribution is 5.99. The van der Waals surface area contributed by atoms with E-state index < -0.39 is 30.5 Å². The maximum atomic E-state index is 12.7. The molecule has 0 fully saturated rings. The molecule has 1 amide bonds. The molecule has 3 rings (SSSR count). The smallest absolute Gasteiger partial charge is 0.391 e. The molecular weight excluding hydrogens is 379 g/mol. The van der Waals surface area contributed by atoms with E-state index in [-0.39, 0.29) is 16.6 Å². The highest BCUT2D eigenvalue weighted by Gasteiger charge is 2.36. The first kappa shape index (κ1) is 19.8. The second-order valence-electron chi connectivity index (χ2n) is 6.71. The number of nitrogens with one attached hydrogen (secondary N) is 1. The molecule has 2 aromatic rings. The van der Waals surface area contributed by atoms with E-state index in [0.29, 0.717) is 24.2 Å². The molecule has 2 heterocycles. The summed E-state index contributed by atoms with van der Waals surface area (Å²) < 4.78 is 39.1. The number of aliphatic carboxylic acids is 1. The van der Waals surface area contributed by atoms with Crippen molar-refractivity contribution in [1.82, 2.24) is 14.9 Å². The van der Waals surface area contributed by atoms with Crippen molar-refractivity contribution in [2.24, 2.45) is 0 Å². The fourth-order valence-corrected chi connectivity index (χ4v) is 3.23. The third-order valence-corrected chi connectivity index (χ3v) is 4.62. The van der Waals surface area contributed by atoms with Crippen LogP contribution in [0, 0.1) is 0 Å². The lowest BCUT2D eigenvalue weighted by molar-refractivity contribution is -0.157. The molecule has 0 aliphatic carbocycles. The minimum Gasteiger partial charge on any atom is -0.480 e. The molecule has 0 saturated heterocycles. The minimum absolute atomic E-state index is 0.0635. The van der Waals surface area contributed by atoms with Crippen LogP contribution in [0.5, 0.6) is 0 Å². The van der Waals surface area contributed by atoms with E-state index in [1.807, 2.05) is 5.32 Å². The quantitative estimate of drug-likeness (QED) is 0.824. The number of rotatable bonds is 4.